The van der Waals surface area contributed by atoms with E-state index in [4.69, 9.17) is 4.98 Å². The second-order valence-electron chi connectivity index (χ2n) is 8.79. The molecule has 0 saturated heterocycles. The molecule has 0 saturated carbocycles. The number of aromatic amines is 1. The predicted octanol–water partition coefficient (Wildman–Crippen LogP) is 7.98. The summed E-state index contributed by atoms with van der Waals surface area (Å²) in [5.41, 5.74) is 4.44. The number of nitrogens with one attached hydrogen (secondary N) is 1. The lowest BCUT2D eigenvalue weighted by atomic mass is 9.72. The molecule has 0 amide bonds. The monoisotopic (exact) mass is 497 g/mol. The van der Waals surface area contributed by atoms with Crippen LogP contribution in [0.2, 0.25) is 6.82 Å². The van der Waals surface area contributed by atoms with Crippen molar-refractivity contribution < 1.29 is 0 Å². The SMILES string of the molecule is C[B]c1ccc2c3ccc(Br)cc3c3[nH]c(-c4c5ccccc5cc5ccccc45)nc3c2c1. The van der Waals surface area contributed by atoms with E-state index >= 15 is 0 Å². The second-order valence-corrected chi connectivity index (χ2v) is 9.70. The highest BCUT2D eigenvalue weighted by molar-refractivity contribution is 9.10. The van der Waals surface area contributed by atoms with Gasteiger partial charge in [-0.15, -0.1) is 0 Å². The van der Waals surface area contributed by atoms with Crippen LogP contribution in [-0.4, -0.2) is 17.2 Å². The van der Waals surface area contributed by atoms with Crippen LogP contribution in [0.3, 0.4) is 0 Å². The Balaban J connectivity index is 1.68. The maximum absolute atomic E-state index is 5.28. The van der Waals surface area contributed by atoms with Gasteiger partial charge in [0.1, 0.15) is 13.1 Å². The van der Waals surface area contributed by atoms with Crippen molar-refractivity contribution in [2.24, 2.45) is 0 Å². The summed E-state index contributed by atoms with van der Waals surface area (Å²) in [5.74, 6) is 0.905. The van der Waals surface area contributed by atoms with E-state index in [9.17, 15) is 0 Å². The number of aromatic nitrogens is 2. The van der Waals surface area contributed by atoms with Crippen LogP contribution in [0.25, 0.3) is 65.5 Å². The van der Waals surface area contributed by atoms with Gasteiger partial charge >= 0.3 is 0 Å². The van der Waals surface area contributed by atoms with Crippen molar-refractivity contribution >= 4 is 82.8 Å². The van der Waals surface area contributed by atoms with E-state index in [1.165, 1.54) is 48.6 Å². The van der Waals surface area contributed by atoms with Crippen molar-refractivity contribution in [2.45, 2.75) is 6.82 Å². The molecule has 7 aromatic rings. The van der Waals surface area contributed by atoms with Crippen LogP contribution in [0.15, 0.2) is 95.5 Å². The summed E-state index contributed by atoms with van der Waals surface area (Å²) in [4.78, 5) is 9.04. The molecule has 0 atom stereocenters. The lowest BCUT2D eigenvalue weighted by Crippen LogP contribution is -2.09. The van der Waals surface area contributed by atoms with Crippen molar-refractivity contribution in [3.63, 3.8) is 0 Å². The first-order valence-electron chi connectivity index (χ1n) is 11.5. The fourth-order valence-corrected chi connectivity index (χ4v) is 5.64. The predicted molar refractivity (Wildman–Crippen MR) is 151 cm³/mol. The van der Waals surface area contributed by atoms with Crippen molar-refractivity contribution in [2.75, 3.05) is 0 Å². The molecule has 1 N–H and O–H groups in total. The first kappa shape index (κ1) is 19.8. The standard InChI is InChI=1S/C30H19BBrN2/c1-31-19-10-12-23-24-13-11-20(32)16-26(24)29-28(25(23)15-19)33-30(34-29)27-21-8-4-2-6-17(21)14-18-7-3-5-9-22(18)27/h2-16H,1H3,(H,33,34). The zero-order valence-corrected chi connectivity index (χ0v) is 20.1. The number of nitrogens with zero attached hydrogens (tertiary/aromatic N) is 1. The van der Waals surface area contributed by atoms with Crippen molar-refractivity contribution in [1.29, 1.82) is 0 Å². The highest BCUT2D eigenvalue weighted by Gasteiger charge is 2.18. The molecule has 6 aromatic carbocycles. The van der Waals surface area contributed by atoms with Crippen molar-refractivity contribution in [1.82, 2.24) is 9.97 Å². The topological polar surface area (TPSA) is 28.7 Å². The van der Waals surface area contributed by atoms with Gasteiger partial charge in [0.15, 0.2) is 0 Å². The maximum Gasteiger partial charge on any atom is 0.148 e. The second kappa shape index (κ2) is 7.44. The Morgan fingerprint density at radius 3 is 2.09 bits per heavy atom. The van der Waals surface area contributed by atoms with Crippen LogP contribution in [-0.2, 0) is 0 Å². The number of halogens is 1. The molecule has 1 radical (unpaired) electrons. The number of benzene rings is 6. The average Bonchev–Trinajstić information content (AvgIpc) is 3.32. The van der Waals surface area contributed by atoms with E-state index in [1.54, 1.807) is 0 Å². The first-order chi connectivity index (χ1) is 16.7. The van der Waals surface area contributed by atoms with Crippen LogP contribution in [0.5, 0.6) is 0 Å². The van der Waals surface area contributed by atoms with E-state index in [1.807, 2.05) is 0 Å². The zero-order chi connectivity index (χ0) is 22.8. The highest BCUT2D eigenvalue weighted by Crippen LogP contribution is 2.39. The van der Waals surface area contributed by atoms with Crippen LogP contribution in [0.1, 0.15) is 0 Å². The molecule has 159 valence electrons. The number of fused-ring (bicyclic) bond motifs is 8. The Kier molecular flexibility index (Phi) is 4.34. The van der Waals surface area contributed by atoms with Gasteiger partial charge in [-0.3, -0.25) is 0 Å². The molecule has 34 heavy (non-hydrogen) atoms. The molecule has 7 rings (SSSR count). The van der Waals surface area contributed by atoms with E-state index in [0.29, 0.717) is 0 Å². The Labute approximate surface area is 206 Å². The van der Waals surface area contributed by atoms with Crippen molar-refractivity contribution in [3.05, 3.63) is 95.5 Å². The quantitative estimate of drug-likeness (QED) is 0.146. The number of hydrogen-bond acceptors (Lipinski definition) is 1. The molecule has 1 aromatic heterocycles. The zero-order valence-electron chi connectivity index (χ0n) is 18.6. The van der Waals surface area contributed by atoms with Crippen LogP contribution < -0.4 is 5.46 Å². The Morgan fingerprint density at radius 2 is 1.35 bits per heavy atom. The van der Waals surface area contributed by atoms with Crippen LogP contribution >= 0.6 is 15.9 Å². The molecule has 0 aliphatic rings. The number of H-pyrrole nitrogens is 1. The number of rotatable bonds is 2. The summed E-state index contributed by atoms with van der Waals surface area (Å²) < 4.78 is 1.06. The van der Waals surface area contributed by atoms with E-state index < -0.39 is 0 Å². The summed E-state index contributed by atoms with van der Waals surface area (Å²) in [5, 5.41) is 9.65. The molecule has 0 bridgehead atoms. The molecular weight excluding hydrogens is 479 g/mol. The summed E-state index contributed by atoms with van der Waals surface area (Å²) in [6.45, 7) is 2.08. The minimum atomic E-state index is 0.905. The van der Waals surface area contributed by atoms with E-state index in [2.05, 4.69) is 126 Å². The van der Waals surface area contributed by atoms with Gasteiger partial charge in [-0.1, -0.05) is 101 Å². The normalized spacial score (nSPS) is 11.8. The van der Waals surface area contributed by atoms with Gasteiger partial charge < -0.3 is 4.98 Å². The van der Waals surface area contributed by atoms with Crippen molar-refractivity contribution in [3.8, 4) is 11.4 Å². The lowest BCUT2D eigenvalue weighted by molar-refractivity contribution is 1.36. The number of hydrogen-bond donors (Lipinski definition) is 1. The van der Waals surface area contributed by atoms with Gasteiger partial charge in [-0.05, 0) is 50.5 Å². The molecule has 0 fully saturated rings. The highest BCUT2D eigenvalue weighted by atomic mass is 79.9. The summed E-state index contributed by atoms with van der Waals surface area (Å²) in [6, 6.07) is 32.6. The van der Waals surface area contributed by atoms with E-state index in [0.717, 1.165) is 26.9 Å². The third-order valence-electron chi connectivity index (χ3n) is 6.89. The van der Waals surface area contributed by atoms with Gasteiger partial charge in [0.25, 0.3) is 0 Å². The molecule has 0 spiro atoms. The molecular formula is C30H19BBrN2. The fraction of sp³-hybridized carbons (Fsp3) is 0.0333. The first-order valence-corrected chi connectivity index (χ1v) is 12.3. The third-order valence-corrected chi connectivity index (χ3v) is 7.38. The average molecular weight is 498 g/mol. The van der Waals surface area contributed by atoms with Crippen LogP contribution in [0, 0.1) is 0 Å². The van der Waals surface area contributed by atoms with Gasteiger partial charge in [-0.2, -0.15) is 0 Å². The summed E-state index contributed by atoms with van der Waals surface area (Å²) >= 11 is 3.68. The molecule has 4 heteroatoms. The van der Waals surface area contributed by atoms with Gasteiger partial charge in [-0.25, -0.2) is 4.98 Å². The maximum atomic E-state index is 5.28. The smallest absolute Gasteiger partial charge is 0.148 e. The molecule has 0 unspecified atom stereocenters. The summed E-state index contributed by atoms with van der Waals surface area (Å²) in [6.07, 6.45) is 0. The minimum absolute atomic E-state index is 0.905. The Hall–Kier alpha value is -3.63. The minimum Gasteiger partial charge on any atom is -0.337 e. The molecule has 0 aliphatic heterocycles. The third kappa shape index (κ3) is 2.85. The van der Waals surface area contributed by atoms with E-state index in [-0.39, 0.29) is 0 Å². The number of imidazole rings is 1. The van der Waals surface area contributed by atoms with Gasteiger partial charge in [0.05, 0.1) is 11.0 Å². The molecule has 0 aliphatic carbocycles. The Bertz CT molecular complexity index is 1870. The molecule has 2 nitrogen and oxygen atoms in total. The van der Waals surface area contributed by atoms with Crippen LogP contribution in [0.4, 0.5) is 0 Å². The summed E-state index contributed by atoms with van der Waals surface area (Å²) in [7, 11) is 2.14. The van der Waals surface area contributed by atoms with Gasteiger partial charge in [0, 0.05) is 20.8 Å². The lowest BCUT2D eigenvalue weighted by Gasteiger charge is -2.09. The van der Waals surface area contributed by atoms with Gasteiger partial charge in [0.2, 0.25) is 0 Å². The fourth-order valence-electron chi connectivity index (χ4n) is 5.28. The molecule has 1 heterocycles. The Morgan fingerprint density at radius 1 is 0.676 bits per heavy atom. The largest absolute Gasteiger partial charge is 0.337 e.